The van der Waals surface area contributed by atoms with Crippen molar-refractivity contribution in [2.45, 2.75) is 34.0 Å². The fourth-order valence-electron chi connectivity index (χ4n) is 0.559. The topological polar surface area (TPSA) is 37.3 Å². The lowest BCUT2D eigenvalue weighted by Gasteiger charge is -2.12. The van der Waals surface area contributed by atoms with Crippen LogP contribution in [-0.2, 0) is 4.79 Å². The Bertz CT molecular complexity index is 353. The molecule has 1 N–H and O–H groups in total. The molecule has 0 aromatic carbocycles. The van der Waals surface area contributed by atoms with Crippen molar-refractivity contribution in [3.8, 4) is 0 Å². The van der Waals surface area contributed by atoms with Gasteiger partial charge in [0, 0.05) is 15.2 Å². The van der Waals surface area contributed by atoms with Crippen molar-refractivity contribution in [3.05, 3.63) is 11.6 Å². The van der Waals surface area contributed by atoms with Crippen LogP contribution < -0.4 is 0 Å². The van der Waals surface area contributed by atoms with Gasteiger partial charge in [0.15, 0.2) is 0 Å². The Kier molecular flexibility index (Phi) is 1.63. The van der Waals surface area contributed by atoms with E-state index in [0.717, 1.165) is 0 Å². The summed E-state index contributed by atoms with van der Waals surface area (Å²) in [5, 5.41) is 8.68. The van der Waals surface area contributed by atoms with Gasteiger partial charge in [-0.05, 0) is 25.2 Å². The summed E-state index contributed by atoms with van der Waals surface area (Å²) >= 11 is 0. The van der Waals surface area contributed by atoms with Crippen molar-refractivity contribution in [2.24, 2.45) is 11.8 Å². The molecule has 2 heteroatoms. The van der Waals surface area contributed by atoms with Gasteiger partial charge in [0.05, 0.1) is 0 Å². The quantitative estimate of drug-likeness (QED) is 0.670. The van der Waals surface area contributed by atoms with Crippen LogP contribution in [0.15, 0.2) is 11.6 Å². The van der Waals surface area contributed by atoms with E-state index in [1.165, 1.54) is 19.9 Å². The molecule has 0 aromatic rings. The van der Waals surface area contributed by atoms with Crippen LogP contribution in [0.2, 0.25) is 0 Å². The fourth-order valence-corrected chi connectivity index (χ4v) is 0.559. The summed E-state index contributed by atoms with van der Waals surface area (Å²) in [6.45, 7) is -3.31. The summed E-state index contributed by atoms with van der Waals surface area (Å²) in [4.78, 5) is 10.6. The lowest BCUT2D eigenvalue weighted by Crippen LogP contribution is -2.03. The molecule has 0 saturated heterocycles. The molecule has 0 aliphatic rings. The molecule has 70 valence electrons. The highest BCUT2D eigenvalue weighted by Crippen LogP contribution is 2.15. The Morgan fingerprint density at radius 2 is 2.33 bits per heavy atom. The first-order valence-corrected chi connectivity index (χ1v) is 3.65. The zero-order chi connectivity index (χ0) is 15.6. The van der Waals surface area contributed by atoms with E-state index in [-0.39, 0.29) is 12.0 Å². The van der Waals surface area contributed by atoms with Crippen LogP contribution in [0.25, 0.3) is 0 Å². The van der Waals surface area contributed by atoms with Crippen LogP contribution in [0.4, 0.5) is 0 Å². The molecule has 0 fully saturated rings. The molecule has 0 radical (unpaired) electrons. The molecular weight excluding hydrogens is 152 g/mol. The molecule has 1 atom stereocenters. The number of carbonyl (C=O) groups is 1. The number of carboxylic acid groups (broad SMARTS) is 1. The molecular formula is C10H18O2. The van der Waals surface area contributed by atoms with Crippen molar-refractivity contribution >= 4 is 5.97 Å². The largest absolute Gasteiger partial charge is 0.478 e. The van der Waals surface area contributed by atoms with E-state index in [1.54, 1.807) is 0 Å². The zero-order valence-electron chi connectivity index (χ0n) is 14.2. The van der Waals surface area contributed by atoms with Crippen LogP contribution in [0.1, 0.15) is 43.6 Å². The second-order valence-electron chi connectivity index (χ2n) is 2.74. The van der Waals surface area contributed by atoms with Gasteiger partial charge in [0.2, 0.25) is 0 Å². The minimum atomic E-state index is -2.98. The van der Waals surface area contributed by atoms with Gasteiger partial charge in [0.25, 0.3) is 0 Å². The van der Waals surface area contributed by atoms with Crippen molar-refractivity contribution in [1.82, 2.24) is 0 Å². The predicted molar refractivity (Wildman–Crippen MR) is 50.0 cm³/mol. The van der Waals surface area contributed by atoms with Crippen LogP contribution in [0, 0.1) is 11.8 Å². The summed E-state index contributed by atoms with van der Waals surface area (Å²) in [5.41, 5.74) is -0.00900. The third-order valence-electron chi connectivity index (χ3n) is 1.61. The van der Waals surface area contributed by atoms with Gasteiger partial charge < -0.3 is 5.11 Å². The Morgan fingerprint density at radius 1 is 1.75 bits per heavy atom. The van der Waals surface area contributed by atoms with Crippen LogP contribution in [-0.4, -0.2) is 11.1 Å². The Labute approximate surface area is 84.1 Å². The lowest BCUT2D eigenvalue weighted by atomic mass is 9.94. The number of aliphatic carboxylic acids is 1. The van der Waals surface area contributed by atoms with Gasteiger partial charge in [0.1, 0.15) is 0 Å². The smallest absolute Gasteiger partial charge is 0.330 e. The molecule has 0 aliphatic carbocycles. The third-order valence-corrected chi connectivity index (χ3v) is 1.61. The second kappa shape index (κ2) is 4.96. The minimum Gasteiger partial charge on any atom is -0.478 e. The molecule has 2 nitrogen and oxygen atoms in total. The summed E-state index contributed by atoms with van der Waals surface area (Å²) in [5.74, 6) is -4.83. The van der Waals surface area contributed by atoms with E-state index in [1.807, 2.05) is 0 Å². The highest BCUT2D eigenvalue weighted by atomic mass is 16.4. The zero-order valence-corrected chi connectivity index (χ0v) is 7.22. The number of hydrogen-bond donors (Lipinski definition) is 1. The van der Waals surface area contributed by atoms with Crippen molar-refractivity contribution in [1.29, 1.82) is 0 Å². The number of rotatable bonds is 4. The first-order valence-electron chi connectivity index (χ1n) is 7.15. The van der Waals surface area contributed by atoms with Gasteiger partial charge in [-0.2, -0.15) is 0 Å². The molecule has 0 aromatic heterocycles. The summed E-state index contributed by atoms with van der Waals surface area (Å²) in [7, 11) is 0. The standard InChI is InChI=1S/C10H18O2/c1-7(2)8(3)5-6-9(4)10(11)12/h6-8H,5H2,1-4H3,(H,11,12)/b9-6+/i1D3,2D3,7D. The van der Waals surface area contributed by atoms with Crippen molar-refractivity contribution in [2.75, 3.05) is 0 Å². The Balaban J connectivity index is 5.34. The van der Waals surface area contributed by atoms with Gasteiger partial charge >= 0.3 is 5.97 Å². The predicted octanol–water partition coefficient (Wildman–Crippen LogP) is 2.70. The maximum absolute atomic E-state index is 10.6. The molecule has 0 amide bonds. The summed E-state index contributed by atoms with van der Waals surface area (Å²) in [6, 6.07) is 0. The summed E-state index contributed by atoms with van der Waals surface area (Å²) < 4.78 is 51.6. The molecule has 12 heavy (non-hydrogen) atoms. The molecule has 0 spiro atoms. The maximum Gasteiger partial charge on any atom is 0.330 e. The van der Waals surface area contributed by atoms with Crippen molar-refractivity contribution in [3.63, 3.8) is 0 Å². The monoisotopic (exact) mass is 177 g/mol. The Hall–Kier alpha value is -0.790. The molecule has 0 saturated carbocycles. The SMILES string of the molecule is [2H]C([2H])([2H])C([2H])(C(C)C/C=C(\C)C(=O)O)C([2H])([2H])[2H]. The molecule has 0 heterocycles. The minimum absolute atomic E-state index is 0.00900. The van der Waals surface area contributed by atoms with Crippen molar-refractivity contribution < 1.29 is 19.5 Å². The summed E-state index contributed by atoms with van der Waals surface area (Å²) in [6.07, 6.45) is 1.15. The highest BCUT2D eigenvalue weighted by Gasteiger charge is 2.06. The third kappa shape index (κ3) is 4.16. The number of hydrogen-bond acceptors (Lipinski definition) is 1. The fraction of sp³-hybridized carbons (Fsp3) is 0.700. The maximum atomic E-state index is 10.6. The lowest BCUT2D eigenvalue weighted by molar-refractivity contribution is -0.132. The molecule has 0 bridgehead atoms. The van der Waals surface area contributed by atoms with E-state index < -0.39 is 31.5 Å². The first kappa shape index (κ1) is 3.95. The number of allylic oxidation sites excluding steroid dienone is 1. The van der Waals surface area contributed by atoms with Gasteiger partial charge in [-0.15, -0.1) is 0 Å². The van der Waals surface area contributed by atoms with E-state index in [9.17, 15) is 4.79 Å². The average molecular weight is 177 g/mol. The van der Waals surface area contributed by atoms with E-state index >= 15 is 0 Å². The molecule has 0 rings (SSSR count). The molecule has 1 unspecified atom stereocenters. The van der Waals surface area contributed by atoms with E-state index in [2.05, 4.69) is 0 Å². The van der Waals surface area contributed by atoms with E-state index in [4.69, 9.17) is 14.7 Å². The van der Waals surface area contributed by atoms with Gasteiger partial charge in [-0.3, -0.25) is 0 Å². The van der Waals surface area contributed by atoms with Crippen LogP contribution >= 0.6 is 0 Å². The normalized spacial score (nSPS) is 26.5. The van der Waals surface area contributed by atoms with E-state index in [0.29, 0.717) is 0 Å². The Morgan fingerprint density at radius 3 is 2.75 bits per heavy atom. The average Bonchev–Trinajstić information content (AvgIpc) is 2.20. The van der Waals surface area contributed by atoms with Gasteiger partial charge in [-0.25, -0.2) is 4.79 Å². The van der Waals surface area contributed by atoms with Crippen LogP contribution in [0.5, 0.6) is 0 Å². The van der Waals surface area contributed by atoms with Crippen LogP contribution in [0.3, 0.4) is 0 Å². The second-order valence-corrected chi connectivity index (χ2v) is 2.74. The molecule has 0 aliphatic heterocycles. The number of carboxylic acids is 1. The highest BCUT2D eigenvalue weighted by molar-refractivity contribution is 5.85. The first-order chi connectivity index (χ1) is 8.25. The van der Waals surface area contributed by atoms with Gasteiger partial charge in [-0.1, -0.05) is 26.7 Å².